The molecule has 0 aliphatic heterocycles. The van der Waals surface area contributed by atoms with Crippen LogP contribution in [0.2, 0.25) is 0 Å². The zero-order valence-electron chi connectivity index (χ0n) is 11.8. The summed E-state index contributed by atoms with van der Waals surface area (Å²) in [4.78, 5) is 0. The highest BCUT2D eigenvalue weighted by Crippen LogP contribution is 2.37. The van der Waals surface area contributed by atoms with Crippen LogP contribution in [0.1, 0.15) is 74.8 Å². The van der Waals surface area contributed by atoms with Crippen molar-refractivity contribution in [3.8, 4) is 0 Å². The predicted molar refractivity (Wildman–Crippen MR) is 83.1 cm³/mol. The first-order chi connectivity index (χ1) is 9.34. The molecular weight excluding hydrogens is 230 g/mol. The van der Waals surface area contributed by atoms with Crippen molar-refractivity contribution in [3.63, 3.8) is 0 Å². The summed E-state index contributed by atoms with van der Waals surface area (Å²) in [5.41, 5.74) is 11.5. The molecule has 1 fully saturated rings. The molecule has 0 bridgehead atoms. The van der Waals surface area contributed by atoms with E-state index in [2.05, 4.69) is 24.3 Å². The van der Waals surface area contributed by atoms with Gasteiger partial charge in [0.25, 0.3) is 0 Å². The van der Waals surface area contributed by atoms with Crippen molar-refractivity contribution in [3.05, 3.63) is 35.4 Å². The van der Waals surface area contributed by atoms with Crippen molar-refractivity contribution in [2.24, 2.45) is 0 Å². The molecule has 0 saturated heterocycles. The van der Waals surface area contributed by atoms with Crippen LogP contribution >= 0.6 is 0 Å². The topological polar surface area (TPSA) is 26.0 Å². The molecular formula is C18H25N. The van der Waals surface area contributed by atoms with Gasteiger partial charge in [-0.25, -0.2) is 0 Å². The minimum atomic E-state index is 0.775. The van der Waals surface area contributed by atoms with E-state index in [4.69, 9.17) is 5.73 Å². The summed E-state index contributed by atoms with van der Waals surface area (Å²) in [7, 11) is 0. The molecule has 3 rings (SSSR count). The van der Waals surface area contributed by atoms with Gasteiger partial charge in [0, 0.05) is 11.3 Å². The molecule has 1 heteroatoms. The zero-order chi connectivity index (χ0) is 13.1. The van der Waals surface area contributed by atoms with Crippen LogP contribution in [0.25, 0.3) is 5.57 Å². The highest BCUT2D eigenvalue weighted by molar-refractivity contribution is 5.76. The van der Waals surface area contributed by atoms with Crippen molar-refractivity contribution >= 4 is 11.3 Å². The molecule has 0 amide bonds. The molecule has 2 aliphatic rings. The van der Waals surface area contributed by atoms with E-state index in [1.54, 1.807) is 0 Å². The van der Waals surface area contributed by atoms with Gasteiger partial charge in [0.05, 0.1) is 0 Å². The molecule has 1 saturated carbocycles. The highest BCUT2D eigenvalue weighted by Gasteiger charge is 2.17. The molecule has 0 spiro atoms. The first kappa shape index (κ1) is 12.8. The second-order valence-electron chi connectivity index (χ2n) is 6.16. The minimum absolute atomic E-state index is 0.775. The van der Waals surface area contributed by atoms with Crippen molar-refractivity contribution in [1.29, 1.82) is 0 Å². The van der Waals surface area contributed by atoms with Crippen LogP contribution in [-0.2, 0) is 0 Å². The van der Waals surface area contributed by atoms with Crippen molar-refractivity contribution < 1.29 is 0 Å². The zero-order valence-corrected chi connectivity index (χ0v) is 11.8. The van der Waals surface area contributed by atoms with Crippen LogP contribution < -0.4 is 5.73 Å². The van der Waals surface area contributed by atoms with E-state index >= 15 is 0 Å². The van der Waals surface area contributed by atoms with Crippen molar-refractivity contribution in [1.82, 2.24) is 0 Å². The van der Waals surface area contributed by atoms with Gasteiger partial charge in [-0.05, 0) is 67.7 Å². The van der Waals surface area contributed by atoms with Gasteiger partial charge in [-0.1, -0.05) is 31.4 Å². The van der Waals surface area contributed by atoms with Crippen molar-refractivity contribution in [2.45, 2.75) is 63.7 Å². The largest absolute Gasteiger partial charge is 0.398 e. The number of hydrogen-bond donors (Lipinski definition) is 1. The van der Waals surface area contributed by atoms with Gasteiger partial charge in [0.2, 0.25) is 0 Å². The van der Waals surface area contributed by atoms with E-state index in [1.807, 2.05) is 0 Å². The lowest BCUT2D eigenvalue weighted by atomic mass is 9.82. The molecule has 0 unspecified atom stereocenters. The summed E-state index contributed by atoms with van der Waals surface area (Å²) in [6, 6.07) is 6.79. The Morgan fingerprint density at radius 2 is 1.79 bits per heavy atom. The Bertz CT molecular complexity index is 467. The molecule has 19 heavy (non-hydrogen) atoms. The Balaban J connectivity index is 1.88. The second kappa shape index (κ2) is 5.81. The van der Waals surface area contributed by atoms with Gasteiger partial charge in [0.1, 0.15) is 0 Å². The summed E-state index contributed by atoms with van der Waals surface area (Å²) in [6.07, 6.45) is 14.4. The molecule has 0 aromatic heterocycles. The average molecular weight is 255 g/mol. The first-order valence-electron chi connectivity index (χ1n) is 7.93. The van der Waals surface area contributed by atoms with E-state index in [-0.39, 0.29) is 0 Å². The molecule has 0 radical (unpaired) electrons. The fraction of sp³-hybridized carbons (Fsp3) is 0.556. The van der Waals surface area contributed by atoms with Gasteiger partial charge in [-0.15, -0.1) is 0 Å². The average Bonchev–Trinajstić information content (AvgIpc) is 2.49. The van der Waals surface area contributed by atoms with E-state index in [0.717, 1.165) is 11.6 Å². The van der Waals surface area contributed by atoms with E-state index in [9.17, 15) is 0 Å². The fourth-order valence-corrected chi connectivity index (χ4v) is 3.62. The number of nitrogens with two attached hydrogens (primary N) is 1. The van der Waals surface area contributed by atoms with Gasteiger partial charge in [-0.3, -0.25) is 0 Å². The van der Waals surface area contributed by atoms with Gasteiger partial charge < -0.3 is 5.73 Å². The maximum atomic E-state index is 6.21. The van der Waals surface area contributed by atoms with Crippen LogP contribution in [-0.4, -0.2) is 0 Å². The lowest BCUT2D eigenvalue weighted by molar-refractivity contribution is 0.443. The summed E-state index contributed by atoms with van der Waals surface area (Å²) in [5.74, 6) is 0.775. The first-order valence-corrected chi connectivity index (χ1v) is 7.93. The predicted octanol–water partition coefficient (Wildman–Crippen LogP) is 5.27. The second-order valence-corrected chi connectivity index (χ2v) is 6.16. The van der Waals surface area contributed by atoms with E-state index in [0.29, 0.717) is 0 Å². The molecule has 2 N–H and O–H groups in total. The number of nitrogen functional groups attached to an aromatic ring is 1. The van der Waals surface area contributed by atoms with Gasteiger partial charge in [0.15, 0.2) is 0 Å². The summed E-state index contributed by atoms with van der Waals surface area (Å²) < 4.78 is 0. The lowest BCUT2D eigenvalue weighted by Gasteiger charge is -2.24. The van der Waals surface area contributed by atoms with Crippen LogP contribution in [0.3, 0.4) is 0 Å². The Labute approximate surface area is 116 Å². The number of rotatable bonds is 2. The molecule has 0 heterocycles. The minimum Gasteiger partial charge on any atom is -0.398 e. The van der Waals surface area contributed by atoms with Crippen LogP contribution in [0.15, 0.2) is 24.3 Å². The van der Waals surface area contributed by atoms with Gasteiger partial charge >= 0.3 is 0 Å². The Morgan fingerprint density at radius 3 is 2.53 bits per heavy atom. The standard InChI is InChI=1S/C18H25N/c19-18-12-11-16(14-7-3-1-4-8-14)13-17(18)15-9-5-2-6-10-15/h9,11-14H,1-8,10,19H2. The molecule has 1 aromatic rings. The third-order valence-corrected chi connectivity index (χ3v) is 4.79. The SMILES string of the molecule is Nc1ccc(C2CCCCC2)cc1C1=CCCCC1. The molecule has 2 aliphatic carbocycles. The van der Waals surface area contributed by atoms with E-state index < -0.39 is 0 Å². The van der Waals surface area contributed by atoms with Crippen LogP contribution in [0, 0.1) is 0 Å². The van der Waals surface area contributed by atoms with Gasteiger partial charge in [-0.2, -0.15) is 0 Å². The normalized spacial score (nSPS) is 21.2. The quantitative estimate of drug-likeness (QED) is 0.715. The maximum absolute atomic E-state index is 6.21. The number of hydrogen-bond acceptors (Lipinski definition) is 1. The third-order valence-electron chi connectivity index (χ3n) is 4.79. The summed E-state index contributed by atoms with van der Waals surface area (Å²) >= 11 is 0. The molecule has 1 aromatic carbocycles. The summed E-state index contributed by atoms with van der Waals surface area (Å²) in [6.45, 7) is 0. The maximum Gasteiger partial charge on any atom is 0.0390 e. The smallest absolute Gasteiger partial charge is 0.0390 e. The lowest BCUT2D eigenvalue weighted by Crippen LogP contribution is -2.06. The monoisotopic (exact) mass is 255 g/mol. The van der Waals surface area contributed by atoms with Crippen LogP contribution in [0.5, 0.6) is 0 Å². The Morgan fingerprint density at radius 1 is 0.947 bits per heavy atom. The van der Waals surface area contributed by atoms with Crippen LogP contribution in [0.4, 0.5) is 5.69 Å². The molecule has 0 atom stereocenters. The number of anilines is 1. The third kappa shape index (κ3) is 2.86. The number of allylic oxidation sites excluding steroid dienone is 2. The molecule has 102 valence electrons. The van der Waals surface area contributed by atoms with Crippen molar-refractivity contribution in [2.75, 3.05) is 5.73 Å². The van der Waals surface area contributed by atoms with E-state index in [1.165, 1.54) is 74.5 Å². The highest BCUT2D eigenvalue weighted by atomic mass is 14.6. The molecule has 1 nitrogen and oxygen atoms in total. The fourth-order valence-electron chi connectivity index (χ4n) is 3.62. The Hall–Kier alpha value is -1.24. The number of benzene rings is 1. The Kier molecular flexibility index (Phi) is 3.91. The summed E-state index contributed by atoms with van der Waals surface area (Å²) in [5, 5.41) is 0.